The lowest BCUT2D eigenvalue weighted by Gasteiger charge is -2.32. The van der Waals surface area contributed by atoms with Crippen molar-refractivity contribution in [3.05, 3.63) is 59.5 Å². The minimum atomic E-state index is -4.50. The molecule has 1 atom stereocenters. The van der Waals surface area contributed by atoms with Crippen LogP contribution in [0.15, 0.2) is 47.5 Å². The monoisotopic (exact) mass is 493 g/mol. The maximum atomic E-state index is 13.2. The largest absolute Gasteiger partial charge is 0.417 e. The molecule has 0 spiro atoms. The minimum absolute atomic E-state index is 0.0296. The van der Waals surface area contributed by atoms with E-state index < -0.39 is 21.8 Å². The molecule has 34 heavy (non-hydrogen) atoms. The average molecular weight is 494 g/mol. The van der Waals surface area contributed by atoms with Crippen LogP contribution >= 0.6 is 0 Å². The molecule has 0 radical (unpaired) electrons. The highest BCUT2D eigenvalue weighted by atomic mass is 32.2. The second-order valence-electron chi connectivity index (χ2n) is 8.72. The van der Waals surface area contributed by atoms with E-state index in [1.165, 1.54) is 28.7 Å². The summed E-state index contributed by atoms with van der Waals surface area (Å²) in [6, 6.07) is 8.07. The van der Waals surface area contributed by atoms with Crippen LogP contribution in [0.5, 0.6) is 0 Å². The fraction of sp³-hybridized carbons (Fsp3) is 0.409. The lowest BCUT2D eigenvalue weighted by molar-refractivity contribution is -0.137. The van der Waals surface area contributed by atoms with Crippen LogP contribution in [0.4, 0.5) is 13.2 Å². The van der Waals surface area contributed by atoms with Gasteiger partial charge in [0, 0.05) is 36.8 Å². The van der Waals surface area contributed by atoms with Gasteiger partial charge >= 0.3 is 6.18 Å². The fourth-order valence-corrected chi connectivity index (χ4v) is 5.54. The van der Waals surface area contributed by atoms with Crippen molar-refractivity contribution in [2.45, 2.75) is 48.7 Å². The van der Waals surface area contributed by atoms with Gasteiger partial charge in [-0.3, -0.25) is 9.20 Å². The molecular weight excluding hydrogens is 471 g/mol. The first-order chi connectivity index (χ1) is 16.1. The average Bonchev–Trinajstić information content (AvgIpc) is 3.51. The Morgan fingerprint density at radius 1 is 1.09 bits per heavy atom. The number of aromatic nitrogens is 3. The number of nitrogens with zero attached hydrogens (tertiary/aromatic N) is 4. The first kappa shape index (κ1) is 22.8. The van der Waals surface area contributed by atoms with Gasteiger partial charge in [-0.1, -0.05) is 6.07 Å². The molecule has 1 aliphatic carbocycles. The molecule has 1 aromatic carbocycles. The molecule has 1 unspecified atom stereocenters. The maximum absolute atomic E-state index is 13.2. The van der Waals surface area contributed by atoms with Gasteiger partial charge in [0.25, 0.3) is 5.91 Å². The van der Waals surface area contributed by atoms with E-state index in [1.54, 1.807) is 11.0 Å². The van der Waals surface area contributed by atoms with E-state index in [2.05, 4.69) is 14.9 Å². The predicted molar refractivity (Wildman–Crippen MR) is 116 cm³/mol. The molecule has 1 amide bonds. The third-order valence-corrected chi connectivity index (χ3v) is 7.64. The van der Waals surface area contributed by atoms with Crippen LogP contribution in [0.2, 0.25) is 0 Å². The van der Waals surface area contributed by atoms with Crippen LogP contribution in [0, 0.1) is 0 Å². The van der Waals surface area contributed by atoms with Gasteiger partial charge < -0.3 is 4.90 Å². The Labute approximate surface area is 193 Å². The predicted octanol–water partition coefficient (Wildman–Crippen LogP) is 3.21. The Balaban J connectivity index is 1.38. The van der Waals surface area contributed by atoms with E-state index in [9.17, 15) is 26.4 Å². The van der Waals surface area contributed by atoms with E-state index in [0.717, 1.165) is 25.1 Å². The lowest BCUT2D eigenvalue weighted by atomic mass is 9.96. The van der Waals surface area contributed by atoms with Crippen molar-refractivity contribution in [1.29, 1.82) is 0 Å². The van der Waals surface area contributed by atoms with Gasteiger partial charge in [0.1, 0.15) is 5.82 Å². The maximum Gasteiger partial charge on any atom is 0.417 e. The minimum Gasteiger partial charge on any atom is -0.338 e. The van der Waals surface area contributed by atoms with Crippen LogP contribution in [0.1, 0.15) is 53.3 Å². The molecule has 1 N–H and O–H groups in total. The van der Waals surface area contributed by atoms with Crippen LogP contribution in [0.25, 0.3) is 5.65 Å². The molecule has 180 valence electrons. The molecule has 1 saturated carbocycles. The van der Waals surface area contributed by atoms with Gasteiger partial charge in [0.05, 0.1) is 10.5 Å². The molecule has 3 aromatic rings. The van der Waals surface area contributed by atoms with Gasteiger partial charge in [0.15, 0.2) is 5.65 Å². The molecule has 1 aliphatic heterocycles. The van der Waals surface area contributed by atoms with Crippen molar-refractivity contribution >= 4 is 21.6 Å². The van der Waals surface area contributed by atoms with E-state index in [1.807, 2.05) is 0 Å². The summed E-state index contributed by atoms with van der Waals surface area (Å²) >= 11 is 0. The SMILES string of the molecule is O=C(c1cccc(S(=O)(=O)NC2CC2)c1)N1CCCC(c2nnc3ccc(C(F)(F)F)cn23)C1. The third kappa shape index (κ3) is 4.51. The van der Waals surface area contributed by atoms with Crippen molar-refractivity contribution in [3.8, 4) is 0 Å². The molecule has 0 bridgehead atoms. The van der Waals surface area contributed by atoms with Crippen molar-refractivity contribution < 1.29 is 26.4 Å². The number of hydrogen-bond donors (Lipinski definition) is 1. The second-order valence-corrected chi connectivity index (χ2v) is 10.4. The molecular formula is C22H22F3N5O3S. The van der Waals surface area contributed by atoms with Crippen molar-refractivity contribution in [2.75, 3.05) is 13.1 Å². The highest BCUT2D eigenvalue weighted by molar-refractivity contribution is 7.89. The number of benzene rings is 1. The number of piperidine rings is 1. The van der Waals surface area contributed by atoms with Gasteiger partial charge in [0.2, 0.25) is 10.0 Å². The summed E-state index contributed by atoms with van der Waals surface area (Å²) in [5.41, 5.74) is -0.264. The zero-order chi connectivity index (χ0) is 24.1. The summed E-state index contributed by atoms with van der Waals surface area (Å²) in [6.45, 7) is 0.699. The number of rotatable bonds is 5. The first-order valence-corrected chi connectivity index (χ1v) is 12.4. The van der Waals surface area contributed by atoms with E-state index in [4.69, 9.17) is 0 Å². The Morgan fingerprint density at radius 3 is 2.62 bits per heavy atom. The number of pyridine rings is 1. The second kappa shape index (κ2) is 8.35. The van der Waals surface area contributed by atoms with Crippen molar-refractivity contribution in [3.63, 3.8) is 0 Å². The van der Waals surface area contributed by atoms with Crippen LogP contribution in [-0.4, -0.2) is 53.0 Å². The van der Waals surface area contributed by atoms with Crippen molar-refractivity contribution in [2.24, 2.45) is 0 Å². The molecule has 1 saturated heterocycles. The molecule has 8 nitrogen and oxygen atoms in total. The highest BCUT2D eigenvalue weighted by Crippen LogP contribution is 2.32. The smallest absolute Gasteiger partial charge is 0.338 e. The summed E-state index contributed by atoms with van der Waals surface area (Å²) < 4.78 is 68.6. The van der Waals surface area contributed by atoms with Gasteiger partial charge in [-0.25, -0.2) is 13.1 Å². The van der Waals surface area contributed by atoms with Gasteiger partial charge in [-0.2, -0.15) is 13.2 Å². The Hall–Kier alpha value is -2.99. The molecule has 3 heterocycles. The number of alkyl halides is 3. The van der Waals surface area contributed by atoms with E-state index in [0.29, 0.717) is 30.9 Å². The normalized spacial score (nSPS) is 19.5. The van der Waals surface area contributed by atoms with Crippen molar-refractivity contribution in [1.82, 2.24) is 24.2 Å². The van der Waals surface area contributed by atoms with Crippen LogP contribution in [0.3, 0.4) is 0 Å². The summed E-state index contributed by atoms with van der Waals surface area (Å²) in [7, 11) is -3.70. The molecule has 5 rings (SSSR count). The fourth-order valence-electron chi connectivity index (χ4n) is 4.19. The van der Waals surface area contributed by atoms with Crippen LogP contribution < -0.4 is 4.72 Å². The first-order valence-electron chi connectivity index (χ1n) is 11.0. The third-order valence-electron chi connectivity index (χ3n) is 6.12. The van der Waals surface area contributed by atoms with Crippen LogP contribution in [-0.2, 0) is 16.2 Å². The van der Waals surface area contributed by atoms with E-state index in [-0.39, 0.29) is 34.9 Å². The quantitative estimate of drug-likeness (QED) is 0.589. The number of carbonyl (C=O) groups is 1. The van der Waals surface area contributed by atoms with Gasteiger partial charge in [-0.15, -0.1) is 10.2 Å². The number of hydrogen-bond acceptors (Lipinski definition) is 5. The van der Waals surface area contributed by atoms with Gasteiger partial charge in [-0.05, 0) is 56.0 Å². The zero-order valence-electron chi connectivity index (χ0n) is 18.0. The number of sulfonamides is 1. The zero-order valence-corrected chi connectivity index (χ0v) is 18.8. The number of halogens is 3. The summed E-state index contributed by atoms with van der Waals surface area (Å²) in [6.07, 6.45) is -0.647. The molecule has 12 heteroatoms. The topological polar surface area (TPSA) is 96.7 Å². The lowest BCUT2D eigenvalue weighted by Crippen LogP contribution is -2.39. The molecule has 2 aromatic heterocycles. The number of likely N-dealkylation sites (tertiary alicyclic amines) is 1. The molecule has 2 fully saturated rings. The Kier molecular flexibility index (Phi) is 5.59. The summed E-state index contributed by atoms with van der Waals surface area (Å²) in [5.74, 6) is -0.277. The standard InChI is InChI=1S/C22H22F3N5O3S/c23-22(24,25)16-6-9-19-26-27-20(30(19)13-16)15-4-2-10-29(12-15)21(31)14-3-1-5-18(11-14)34(32,33)28-17-7-8-17/h1,3,5-6,9,11,13,15,17,28H,2,4,7-8,10,12H2. The Morgan fingerprint density at radius 2 is 1.88 bits per heavy atom. The number of nitrogens with one attached hydrogen (secondary N) is 1. The Bertz CT molecular complexity index is 1350. The van der Waals surface area contributed by atoms with E-state index >= 15 is 0 Å². The summed E-state index contributed by atoms with van der Waals surface area (Å²) in [4.78, 5) is 14.8. The number of amides is 1. The molecule has 2 aliphatic rings. The highest BCUT2D eigenvalue weighted by Gasteiger charge is 2.33. The number of fused-ring (bicyclic) bond motifs is 1. The summed E-state index contributed by atoms with van der Waals surface area (Å²) in [5, 5.41) is 8.09. The number of carbonyl (C=O) groups excluding carboxylic acids is 1.